The molecule has 8 nitrogen and oxygen atoms in total. The van der Waals surface area contributed by atoms with E-state index in [1.807, 2.05) is 0 Å². The third-order valence-corrected chi connectivity index (χ3v) is 2.80. The highest BCUT2D eigenvalue weighted by Crippen LogP contribution is 2.28. The second-order valence-electron chi connectivity index (χ2n) is 4.18. The van der Waals surface area contributed by atoms with E-state index in [1.165, 1.54) is 6.07 Å². The van der Waals surface area contributed by atoms with E-state index in [4.69, 9.17) is 5.53 Å². The SMILES string of the molecule is Cc1cc(C)c([N+](=O)[O-])cc1C(O)C(O)CN=[N+]=[N-]. The number of benzene rings is 1. The van der Waals surface area contributed by atoms with E-state index in [2.05, 4.69) is 10.0 Å². The number of nitro groups is 1. The smallest absolute Gasteiger partial charge is 0.272 e. The molecule has 0 spiro atoms. The number of azide groups is 1. The summed E-state index contributed by atoms with van der Waals surface area (Å²) in [4.78, 5) is 12.8. The molecule has 2 N–H and O–H groups in total. The molecule has 0 aliphatic heterocycles. The van der Waals surface area contributed by atoms with Crippen LogP contribution in [-0.4, -0.2) is 27.8 Å². The number of nitrogens with zero attached hydrogens (tertiary/aromatic N) is 4. The maximum absolute atomic E-state index is 10.8. The zero-order valence-electron chi connectivity index (χ0n) is 10.5. The largest absolute Gasteiger partial charge is 0.390 e. The van der Waals surface area contributed by atoms with Gasteiger partial charge in [-0.25, -0.2) is 0 Å². The van der Waals surface area contributed by atoms with Gasteiger partial charge in [0.15, 0.2) is 0 Å². The molecule has 0 saturated heterocycles. The van der Waals surface area contributed by atoms with E-state index in [0.717, 1.165) is 0 Å². The molecule has 2 atom stereocenters. The fourth-order valence-electron chi connectivity index (χ4n) is 1.80. The van der Waals surface area contributed by atoms with Gasteiger partial charge in [-0.15, -0.1) is 0 Å². The molecule has 1 aromatic carbocycles. The van der Waals surface area contributed by atoms with Gasteiger partial charge in [-0.05, 0) is 36.6 Å². The van der Waals surface area contributed by atoms with Gasteiger partial charge in [-0.2, -0.15) is 0 Å². The average Bonchev–Trinajstić information content (AvgIpc) is 2.34. The molecule has 0 fully saturated rings. The quantitative estimate of drug-likeness (QED) is 0.277. The minimum Gasteiger partial charge on any atom is -0.390 e. The lowest BCUT2D eigenvalue weighted by Crippen LogP contribution is -2.22. The molecular formula is C11H14N4O4. The van der Waals surface area contributed by atoms with Crippen LogP contribution in [-0.2, 0) is 0 Å². The molecule has 0 bridgehead atoms. The van der Waals surface area contributed by atoms with Crippen LogP contribution in [0.3, 0.4) is 0 Å². The summed E-state index contributed by atoms with van der Waals surface area (Å²) in [5.74, 6) is 0. The fraction of sp³-hybridized carbons (Fsp3) is 0.455. The van der Waals surface area contributed by atoms with Crippen molar-refractivity contribution in [1.29, 1.82) is 0 Å². The number of rotatable bonds is 5. The Morgan fingerprint density at radius 2 is 2.05 bits per heavy atom. The van der Waals surface area contributed by atoms with Crippen LogP contribution in [0.1, 0.15) is 22.8 Å². The normalized spacial score (nSPS) is 13.5. The van der Waals surface area contributed by atoms with Gasteiger partial charge in [0.05, 0.1) is 17.6 Å². The van der Waals surface area contributed by atoms with E-state index in [9.17, 15) is 20.3 Å². The van der Waals surface area contributed by atoms with E-state index in [1.54, 1.807) is 19.9 Å². The molecule has 102 valence electrons. The zero-order chi connectivity index (χ0) is 14.6. The minimum atomic E-state index is -1.34. The van der Waals surface area contributed by atoms with Crippen LogP contribution in [0.15, 0.2) is 17.2 Å². The highest BCUT2D eigenvalue weighted by molar-refractivity contribution is 5.47. The van der Waals surface area contributed by atoms with Gasteiger partial charge in [0, 0.05) is 16.5 Å². The first-order chi connectivity index (χ1) is 8.88. The number of hydrogen-bond acceptors (Lipinski definition) is 5. The Bertz CT molecular complexity index is 540. The topological polar surface area (TPSA) is 132 Å². The lowest BCUT2D eigenvalue weighted by molar-refractivity contribution is -0.385. The summed E-state index contributed by atoms with van der Waals surface area (Å²) >= 11 is 0. The molecule has 1 aromatic rings. The van der Waals surface area contributed by atoms with Crippen molar-refractivity contribution in [3.05, 3.63) is 49.4 Å². The number of aryl methyl sites for hydroxylation is 2. The zero-order valence-corrected chi connectivity index (χ0v) is 10.5. The van der Waals surface area contributed by atoms with Gasteiger partial charge in [-0.3, -0.25) is 10.1 Å². The average molecular weight is 266 g/mol. The van der Waals surface area contributed by atoms with Gasteiger partial charge in [0.1, 0.15) is 6.10 Å². The molecule has 0 heterocycles. The van der Waals surface area contributed by atoms with Crippen molar-refractivity contribution in [3.63, 3.8) is 0 Å². The van der Waals surface area contributed by atoms with Crippen LogP contribution in [0.25, 0.3) is 10.4 Å². The van der Waals surface area contributed by atoms with Crippen molar-refractivity contribution in [2.45, 2.75) is 26.1 Å². The highest BCUT2D eigenvalue weighted by Gasteiger charge is 2.23. The summed E-state index contributed by atoms with van der Waals surface area (Å²) in [5.41, 5.74) is 9.37. The van der Waals surface area contributed by atoms with Gasteiger partial charge in [0.25, 0.3) is 5.69 Å². The first kappa shape index (κ1) is 14.9. The summed E-state index contributed by atoms with van der Waals surface area (Å²) in [6.07, 6.45) is -2.65. The molecule has 0 radical (unpaired) electrons. The lowest BCUT2D eigenvalue weighted by Gasteiger charge is -2.18. The maximum Gasteiger partial charge on any atom is 0.272 e. The van der Waals surface area contributed by atoms with E-state index >= 15 is 0 Å². The first-order valence-corrected chi connectivity index (χ1v) is 5.51. The van der Waals surface area contributed by atoms with E-state index in [-0.39, 0.29) is 17.8 Å². The third-order valence-electron chi connectivity index (χ3n) is 2.80. The van der Waals surface area contributed by atoms with Crippen LogP contribution < -0.4 is 0 Å². The van der Waals surface area contributed by atoms with Crippen molar-refractivity contribution >= 4 is 5.69 Å². The summed E-state index contributed by atoms with van der Waals surface area (Å²) in [5, 5.41) is 33.6. The second-order valence-corrected chi connectivity index (χ2v) is 4.18. The molecule has 1 rings (SSSR count). The number of aliphatic hydroxyl groups excluding tert-OH is 2. The summed E-state index contributed by atoms with van der Waals surface area (Å²) in [7, 11) is 0. The Balaban J connectivity index is 3.15. The molecule has 8 heteroatoms. The van der Waals surface area contributed by atoms with Crippen molar-refractivity contribution in [2.24, 2.45) is 5.11 Å². The van der Waals surface area contributed by atoms with Crippen molar-refractivity contribution in [2.75, 3.05) is 6.54 Å². The summed E-state index contributed by atoms with van der Waals surface area (Å²) < 4.78 is 0. The lowest BCUT2D eigenvalue weighted by atomic mass is 9.96. The Kier molecular flexibility index (Phi) is 4.82. The maximum atomic E-state index is 10.8. The highest BCUT2D eigenvalue weighted by atomic mass is 16.6. The molecule has 0 saturated carbocycles. The molecule has 19 heavy (non-hydrogen) atoms. The van der Waals surface area contributed by atoms with E-state index < -0.39 is 17.1 Å². The monoisotopic (exact) mass is 266 g/mol. The molecule has 0 aromatic heterocycles. The molecular weight excluding hydrogens is 252 g/mol. The van der Waals surface area contributed by atoms with Crippen molar-refractivity contribution < 1.29 is 15.1 Å². The van der Waals surface area contributed by atoms with E-state index in [0.29, 0.717) is 11.1 Å². The van der Waals surface area contributed by atoms with Gasteiger partial charge >= 0.3 is 0 Å². The summed E-state index contributed by atoms with van der Waals surface area (Å²) in [6.45, 7) is 2.96. The third kappa shape index (κ3) is 3.41. The van der Waals surface area contributed by atoms with Crippen molar-refractivity contribution in [3.8, 4) is 0 Å². The standard InChI is InChI=1S/C11H14N4O4/c1-6-3-7(2)9(15(18)19)4-8(6)11(17)10(16)5-13-14-12/h3-4,10-11,16-17H,5H2,1-2H3. The van der Waals surface area contributed by atoms with Crippen molar-refractivity contribution in [1.82, 2.24) is 0 Å². The van der Waals surface area contributed by atoms with Crippen LogP contribution in [0.2, 0.25) is 0 Å². The number of nitro benzene ring substituents is 1. The molecule has 0 aliphatic rings. The fourth-order valence-corrected chi connectivity index (χ4v) is 1.80. The Morgan fingerprint density at radius 1 is 1.42 bits per heavy atom. The Hall–Kier alpha value is -2.15. The molecule has 2 unspecified atom stereocenters. The Morgan fingerprint density at radius 3 is 2.58 bits per heavy atom. The first-order valence-electron chi connectivity index (χ1n) is 5.51. The molecule has 0 aliphatic carbocycles. The van der Waals surface area contributed by atoms with Gasteiger partial charge in [0.2, 0.25) is 0 Å². The van der Waals surface area contributed by atoms with Crippen LogP contribution in [0, 0.1) is 24.0 Å². The minimum absolute atomic E-state index is 0.129. The van der Waals surface area contributed by atoms with Crippen LogP contribution in [0.4, 0.5) is 5.69 Å². The second kappa shape index (κ2) is 6.14. The predicted molar refractivity (Wildman–Crippen MR) is 67.6 cm³/mol. The number of aliphatic hydroxyl groups is 2. The van der Waals surface area contributed by atoms with Gasteiger partial charge in [-0.1, -0.05) is 5.11 Å². The number of hydrogen-bond donors (Lipinski definition) is 2. The summed E-state index contributed by atoms with van der Waals surface area (Å²) in [6, 6.07) is 2.80. The van der Waals surface area contributed by atoms with Crippen LogP contribution in [0.5, 0.6) is 0 Å². The van der Waals surface area contributed by atoms with Gasteiger partial charge < -0.3 is 10.2 Å². The molecule has 0 amide bonds. The predicted octanol–water partition coefficient (Wildman–Crippen LogP) is 1.92. The Labute approximate surface area is 109 Å². The van der Waals surface area contributed by atoms with Crippen LogP contribution >= 0.6 is 0 Å².